The maximum Gasteiger partial charge on any atom is 0.268 e. The molecular formula is C17H22N2O2. The Kier molecular flexibility index (Phi) is 5.17. The molecule has 0 saturated carbocycles. The molecule has 0 aliphatic carbocycles. The van der Waals surface area contributed by atoms with E-state index in [1.165, 1.54) is 0 Å². The van der Waals surface area contributed by atoms with Crippen LogP contribution < -0.4 is 5.32 Å². The van der Waals surface area contributed by atoms with Crippen LogP contribution in [0.3, 0.4) is 0 Å². The molecule has 0 aliphatic rings. The summed E-state index contributed by atoms with van der Waals surface area (Å²) in [5.41, 5.74) is 1.72. The summed E-state index contributed by atoms with van der Waals surface area (Å²) in [4.78, 5) is 12.3. The highest BCUT2D eigenvalue weighted by atomic mass is 16.3. The van der Waals surface area contributed by atoms with E-state index >= 15 is 0 Å². The summed E-state index contributed by atoms with van der Waals surface area (Å²) in [7, 11) is 0. The van der Waals surface area contributed by atoms with Crippen LogP contribution in [0.4, 0.5) is 0 Å². The predicted molar refractivity (Wildman–Crippen MR) is 83.3 cm³/mol. The van der Waals surface area contributed by atoms with Crippen LogP contribution in [-0.4, -0.2) is 28.2 Å². The van der Waals surface area contributed by atoms with Crippen molar-refractivity contribution in [2.24, 2.45) is 0 Å². The zero-order valence-corrected chi connectivity index (χ0v) is 12.5. The van der Waals surface area contributed by atoms with Gasteiger partial charge in [-0.2, -0.15) is 0 Å². The summed E-state index contributed by atoms with van der Waals surface area (Å²) in [6.07, 6.45) is 2.51. The monoisotopic (exact) mass is 286 g/mol. The number of hydrogen-bond acceptors (Lipinski definition) is 2. The normalized spacial score (nSPS) is 12.4. The van der Waals surface area contributed by atoms with E-state index in [1.807, 2.05) is 61.0 Å². The molecule has 21 heavy (non-hydrogen) atoms. The minimum atomic E-state index is -0.282. The number of benzene rings is 1. The van der Waals surface area contributed by atoms with Crippen molar-refractivity contribution in [3.63, 3.8) is 0 Å². The molecule has 1 amide bonds. The van der Waals surface area contributed by atoms with Gasteiger partial charge in [0.1, 0.15) is 5.69 Å². The molecule has 2 aromatic rings. The lowest BCUT2D eigenvalue weighted by Gasteiger charge is -2.18. The number of aromatic nitrogens is 1. The smallest absolute Gasteiger partial charge is 0.268 e. The minimum Gasteiger partial charge on any atom is -0.394 e. The lowest BCUT2D eigenvalue weighted by Crippen LogP contribution is -2.40. The van der Waals surface area contributed by atoms with E-state index in [9.17, 15) is 9.90 Å². The van der Waals surface area contributed by atoms with Gasteiger partial charge in [0.15, 0.2) is 0 Å². The molecular weight excluding hydrogens is 264 g/mol. The zero-order valence-electron chi connectivity index (χ0n) is 12.5. The topological polar surface area (TPSA) is 54.3 Å². The van der Waals surface area contributed by atoms with Crippen LogP contribution in [-0.2, 0) is 6.42 Å². The zero-order chi connectivity index (χ0) is 15.2. The molecule has 0 saturated heterocycles. The van der Waals surface area contributed by atoms with Crippen molar-refractivity contribution < 1.29 is 9.90 Å². The average Bonchev–Trinajstić information content (AvgIpc) is 2.97. The van der Waals surface area contributed by atoms with Gasteiger partial charge in [-0.3, -0.25) is 4.79 Å². The first-order chi connectivity index (χ1) is 10.1. The van der Waals surface area contributed by atoms with Crippen molar-refractivity contribution in [2.75, 3.05) is 6.61 Å². The van der Waals surface area contributed by atoms with Gasteiger partial charge >= 0.3 is 0 Å². The van der Waals surface area contributed by atoms with Crippen LogP contribution in [0.5, 0.6) is 0 Å². The van der Waals surface area contributed by atoms with E-state index in [2.05, 4.69) is 5.32 Å². The largest absolute Gasteiger partial charge is 0.394 e. The summed E-state index contributed by atoms with van der Waals surface area (Å²) >= 11 is 0. The molecule has 1 aromatic carbocycles. The van der Waals surface area contributed by atoms with Gasteiger partial charge in [-0.15, -0.1) is 0 Å². The van der Waals surface area contributed by atoms with Crippen LogP contribution in [0.1, 0.15) is 35.9 Å². The number of aliphatic hydroxyl groups is 1. The number of carbonyl (C=O) groups is 1. The van der Waals surface area contributed by atoms with E-state index in [0.29, 0.717) is 12.1 Å². The van der Waals surface area contributed by atoms with Gasteiger partial charge in [0.25, 0.3) is 5.91 Å². The number of rotatable bonds is 6. The maximum atomic E-state index is 12.3. The number of hydrogen-bond donors (Lipinski definition) is 2. The number of nitrogens with zero attached hydrogens (tertiary/aromatic N) is 1. The first-order valence-corrected chi connectivity index (χ1v) is 7.24. The molecule has 0 bridgehead atoms. The SMILES string of the molecule is CC(C)n1cccc1C(=O)N[C@H](CO)Cc1ccccc1. The van der Waals surface area contributed by atoms with E-state index < -0.39 is 0 Å². The summed E-state index contributed by atoms with van der Waals surface area (Å²) < 4.78 is 1.92. The molecule has 2 rings (SSSR count). The standard InChI is InChI=1S/C17H22N2O2/c1-13(2)19-10-6-9-16(19)17(21)18-15(12-20)11-14-7-4-3-5-8-14/h3-10,13,15,20H,11-12H2,1-2H3,(H,18,21)/t15-/m0/s1. The van der Waals surface area contributed by atoms with Crippen molar-refractivity contribution in [2.45, 2.75) is 32.4 Å². The Morgan fingerprint density at radius 2 is 1.90 bits per heavy atom. The minimum absolute atomic E-state index is 0.0803. The summed E-state index contributed by atoms with van der Waals surface area (Å²) in [6, 6.07) is 13.4. The Bertz CT molecular complexity index is 575. The van der Waals surface area contributed by atoms with E-state index in [4.69, 9.17) is 0 Å². The molecule has 4 nitrogen and oxygen atoms in total. The van der Waals surface area contributed by atoms with Crippen LogP contribution >= 0.6 is 0 Å². The molecule has 0 unspecified atom stereocenters. The fraction of sp³-hybridized carbons (Fsp3) is 0.353. The third-order valence-electron chi connectivity index (χ3n) is 3.45. The van der Waals surface area contributed by atoms with Crippen LogP contribution in [0.25, 0.3) is 0 Å². The number of nitrogens with one attached hydrogen (secondary N) is 1. The van der Waals surface area contributed by atoms with Crippen molar-refractivity contribution in [3.8, 4) is 0 Å². The van der Waals surface area contributed by atoms with Crippen LogP contribution in [0.15, 0.2) is 48.7 Å². The third kappa shape index (κ3) is 3.95. The Balaban J connectivity index is 2.04. The molecule has 4 heteroatoms. The summed E-state index contributed by atoms with van der Waals surface area (Å²) in [6.45, 7) is 3.98. The van der Waals surface area contributed by atoms with Crippen molar-refractivity contribution in [1.29, 1.82) is 0 Å². The highest BCUT2D eigenvalue weighted by Crippen LogP contribution is 2.11. The quantitative estimate of drug-likeness (QED) is 0.857. The predicted octanol–water partition coefficient (Wildman–Crippen LogP) is 2.40. The highest BCUT2D eigenvalue weighted by Gasteiger charge is 2.17. The molecule has 1 aromatic heterocycles. The number of amides is 1. The Labute approximate surface area is 125 Å². The molecule has 2 N–H and O–H groups in total. The van der Waals surface area contributed by atoms with E-state index in [-0.39, 0.29) is 24.6 Å². The number of carbonyl (C=O) groups excluding carboxylic acids is 1. The molecule has 1 heterocycles. The van der Waals surface area contributed by atoms with Gasteiger partial charge < -0.3 is 15.0 Å². The summed E-state index contributed by atoms with van der Waals surface area (Å²) in [5, 5.41) is 12.4. The van der Waals surface area contributed by atoms with Gasteiger partial charge in [-0.25, -0.2) is 0 Å². The van der Waals surface area contributed by atoms with Gasteiger partial charge in [-0.05, 0) is 38.0 Å². The second-order valence-electron chi connectivity index (χ2n) is 5.44. The van der Waals surface area contributed by atoms with Crippen LogP contribution in [0, 0.1) is 0 Å². The fourth-order valence-electron chi connectivity index (χ4n) is 2.36. The Morgan fingerprint density at radius 3 is 2.52 bits per heavy atom. The Morgan fingerprint density at radius 1 is 1.19 bits per heavy atom. The van der Waals surface area contributed by atoms with E-state index in [0.717, 1.165) is 5.56 Å². The second-order valence-corrected chi connectivity index (χ2v) is 5.44. The van der Waals surface area contributed by atoms with Gasteiger partial charge in [0, 0.05) is 12.2 Å². The van der Waals surface area contributed by atoms with Crippen molar-refractivity contribution >= 4 is 5.91 Å². The van der Waals surface area contributed by atoms with Crippen molar-refractivity contribution in [3.05, 3.63) is 59.9 Å². The third-order valence-corrected chi connectivity index (χ3v) is 3.45. The second kappa shape index (κ2) is 7.09. The first kappa shape index (κ1) is 15.3. The van der Waals surface area contributed by atoms with Gasteiger partial charge in [-0.1, -0.05) is 30.3 Å². The summed E-state index contributed by atoms with van der Waals surface area (Å²) in [5.74, 6) is -0.149. The van der Waals surface area contributed by atoms with Crippen LogP contribution in [0.2, 0.25) is 0 Å². The molecule has 0 spiro atoms. The van der Waals surface area contributed by atoms with Gasteiger partial charge in [0.2, 0.25) is 0 Å². The van der Waals surface area contributed by atoms with Gasteiger partial charge in [0.05, 0.1) is 12.6 Å². The molecule has 1 atom stereocenters. The van der Waals surface area contributed by atoms with E-state index in [1.54, 1.807) is 6.07 Å². The molecule has 0 radical (unpaired) electrons. The number of aliphatic hydroxyl groups excluding tert-OH is 1. The lowest BCUT2D eigenvalue weighted by atomic mass is 10.1. The first-order valence-electron chi connectivity index (χ1n) is 7.24. The fourth-order valence-corrected chi connectivity index (χ4v) is 2.36. The van der Waals surface area contributed by atoms with Crippen molar-refractivity contribution in [1.82, 2.24) is 9.88 Å². The molecule has 0 aliphatic heterocycles. The average molecular weight is 286 g/mol. The lowest BCUT2D eigenvalue weighted by molar-refractivity contribution is 0.0905. The molecule has 112 valence electrons. The molecule has 0 fully saturated rings. The maximum absolute atomic E-state index is 12.3. The highest BCUT2D eigenvalue weighted by molar-refractivity contribution is 5.93. The Hall–Kier alpha value is -2.07.